The van der Waals surface area contributed by atoms with E-state index in [9.17, 15) is 14.0 Å². The summed E-state index contributed by atoms with van der Waals surface area (Å²) in [4.78, 5) is 28.4. The van der Waals surface area contributed by atoms with E-state index >= 15 is 0 Å². The summed E-state index contributed by atoms with van der Waals surface area (Å²) in [5, 5.41) is 2.48. The average molecular weight is 459 g/mol. The number of carbonyl (C=O) groups excluding carboxylic acids is 2. The molecule has 0 atom stereocenters. The summed E-state index contributed by atoms with van der Waals surface area (Å²) in [7, 11) is 0. The molecule has 0 spiro atoms. The molecule has 1 heterocycles. The van der Waals surface area contributed by atoms with Crippen LogP contribution < -0.4 is 10.1 Å². The molecule has 0 fully saturated rings. The van der Waals surface area contributed by atoms with Crippen LogP contribution in [0.25, 0.3) is 0 Å². The summed E-state index contributed by atoms with van der Waals surface area (Å²) in [6.45, 7) is -0.185. The van der Waals surface area contributed by atoms with Gasteiger partial charge < -0.3 is 14.8 Å². The van der Waals surface area contributed by atoms with E-state index in [2.05, 4.69) is 26.2 Å². The SMILES string of the molecule is O=C(CNC(=O)c1cccnc1Oc1ccc(F)cc1Br)OCc1ccccc1. The van der Waals surface area contributed by atoms with E-state index in [-0.39, 0.29) is 24.6 Å². The molecule has 1 amide bonds. The van der Waals surface area contributed by atoms with Gasteiger partial charge >= 0.3 is 5.97 Å². The van der Waals surface area contributed by atoms with Gasteiger partial charge in [-0.3, -0.25) is 9.59 Å². The number of esters is 1. The van der Waals surface area contributed by atoms with E-state index < -0.39 is 17.7 Å². The van der Waals surface area contributed by atoms with Gasteiger partial charge in [-0.25, -0.2) is 9.37 Å². The van der Waals surface area contributed by atoms with Gasteiger partial charge in [-0.05, 0) is 51.8 Å². The molecule has 0 aliphatic rings. The van der Waals surface area contributed by atoms with Crippen LogP contribution in [0.5, 0.6) is 11.6 Å². The normalized spacial score (nSPS) is 10.3. The second-order valence-corrected chi connectivity index (χ2v) is 6.72. The minimum atomic E-state index is -0.574. The third-order valence-corrected chi connectivity index (χ3v) is 4.37. The van der Waals surface area contributed by atoms with Gasteiger partial charge in [0.25, 0.3) is 5.91 Å². The molecule has 8 heteroatoms. The molecule has 3 rings (SSSR count). The highest BCUT2D eigenvalue weighted by Crippen LogP contribution is 2.30. The Bertz CT molecular complexity index is 1010. The van der Waals surface area contributed by atoms with Gasteiger partial charge in [0.1, 0.15) is 30.3 Å². The molecule has 0 unspecified atom stereocenters. The molecule has 0 saturated heterocycles. The van der Waals surface area contributed by atoms with Gasteiger partial charge in [-0.2, -0.15) is 0 Å². The smallest absolute Gasteiger partial charge is 0.325 e. The molecule has 29 heavy (non-hydrogen) atoms. The van der Waals surface area contributed by atoms with E-state index in [1.54, 1.807) is 6.07 Å². The summed E-state index contributed by atoms with van der Waals surface area (Å²) in [5.41, 5.74) is 0.972. The first-order chi connectivity index (χ1) is 14.0. The number of pyridine rings is 1. The Balaban J connectivity index is 1.60. The Morgan fingerprint density at radius 2 is 1.86 bits per heavy atom. The van der Waals surface area contributed by atoms with E-state index in [0.717, 1.165) is 5.56 Å². The summed E-state index contributed by atoms with van der Waals surface area (Å²) >= 11 is 3.20. The van der Waals surface area contributed by atoms with Crippen LogP contribution in [0.15, 0.2) is 71.3 Å². The number of rotatable bonds is 7. The Morgan fingerprint density at radius 3 is 2.62 bits per heavy atom. The fourth-order valence-electron chi connectivity index (χ4n) is 2.34. The monoisotopic (exact) mass is 458 g/mol. The van der Waals surface area contributed by atoms with Crippen LogP contribution in [0.2, 0.25) is 0 Å². The molecular weight excluding hydrogens is 443 g/mol. The maximum atomic E-state index is 13.2. The van der Waals surface area contributed by atoms with Gasteiger partial charge in [-0.15, -0.1) is 0 Å². The van der Waals surface area contributed by atoms with Gasteiger partial charge in [0.2, 0.25) is 5.88 Å². The highest BCUT2D eigenvalue weighted by atomic mass is 79.9. The number of ether oxygens (including phenoxy) is 2. The largest absolute Gasteiger partial charge is 0.460 e. The third kappa shape index (κ3) is 5.86. The summed E-state index contributed by atoms with van der Waals surface area (Å²) < 4.78 is 24.4. The maximum Gasteiger partial charge on any atom is 0.325 e. The first-order valence-electron chi connectivity index (χ1n) is 8.58. The zero-order valence-corrected chi connectivity index (χ0v) is 16.7. The number of nitrogens with zero attached hydrogens (tertiary/aromatic N) is 1. The fourth-order valence-corrected chi connectivity index (χ4v) is 2.78. The molecular formula is C21H16BrFN2O4. The molecule has 0 radical (unpaired) electrons. The minimum Gasteiger partial charge on any atom is -0.460 e. The predicted octanol–water partition coefficient (Wildman–Crippen LogP) is 4.25. The van der Waals surface area contributed by atoms with Crippen molar-refractivity contribution in [2.75, 3.05) is 6.54 Å². The van der Waals surface area contributed by atoms with Crippen molar-refractivity contribution in [3.05, 3.63) is 88.3 Å². The Labute approximate surface area is 174 Å². The number of carbonyl (C=O) groups is 2. The number of hydrogen-bond acceptors (Lipinski definition) is 5. The number of aromatic nitrogens is 1. The van der Waals surface area contributed by atoms with Crippen LogP contribution in [0.1, 0.15) is 15.9 Å². The second-order valence-electron chi connectivity index (χ2n) is 5.86. The highest BCUT2D eigenvalue weighted by Gasteiger charge is 2.16. The number of nitrogens with one attached hydrogen (secondary N) is 1. The molecule has 1 N–H and O–H groups in total. The zero-order valence-electron chi connectivity index (χ0n) is 15.1. The first-order valence-corrected chi connectivity index (χ1v) is 9.38. The molecule has 1 aromatic heterocycles. The van der Waals surface area contributed by atoms with Crippen LogP contribution >= 0.6 is 15.9 Å². The van der Waals surface area contributed by atoms with Crippen LogP contribution in [0.4, 0.5) is 4.39 Å². The molecule has 0 bridgehead atoms. The van der Waals surface area contributed by atoms with Gasteiger partial charge in [0, 0.05) is 6.20 Å². The van der Waals surface area contributed by atoms with Crippen molar-refractivity contribution in [3.63, 3.8) is 0 Å². The Kier molecular flexibility index (Phi) is 6.91. The molecule has 2 aromatic carbocycles. The van der Waals surface area contributed by atoms with Gasteiger partial charge in [0.15, 0.2) is 0 Å². The second kappa shape index (κ2) is 9.79. The molecule has 148 valence electrons. The van der Waals surface area contributed by atoms with Crippen LogP contribution in [-0.4, -0.2) is 23.4 Å². The van der Waals surface area contributed by atoms with Gasteiger partial charge in [0.05, 0.1) is 4.47 Å². The van der Waals surface area contributed by atoms with Crippen molar-refractivity contribution in [1.82, 2.24) is 10.3 Å². The van der Waals surface area contributed by atoms with E-state index in [1.165, 1.54) is 30.5 Å². The van der Waals surface area contributed by atoms with E-state index in [4.69, 9.17) is 9.47 Å². The fraction of sp³-hybridized carbons (Fsp3) is 0.0952. The summed E-state index contributed by atoms with van der Waals surface area (Å²) in [6, 6.07) is 16.2. The zero-order chi connectivity index (χ0) is 20.6. The van der Waals surface area contributed by atoms with Crippen LogP contribution in [0, 0.1) is 5.82 Å². The molecule has 0 saturated carbocycles. The lowest BCUT2D eigenvalue weighted by Gasteiger charge is -2.11. The maximum absolute atomic E-state index is 13.2. The van der Waals surface area contributed by atoms with Crippen molar-refractivity contribution in [2.24, 2.45) is 0 Å². The quantitative estimate of drug-likeness (QED) is 0.535. The molecule has 0 aliphatic carbocycles. The van der Waals surface area contributed by atoms with Crippen molar-refractivity contribution in [1.29, 1.82) is 0 Å². The standard InChI is InChI=1S/C21H16BrFN2O4/c22-17-11-15(23)8-9-18(17)29-21-16(7-4-10-24-21)20(27)25-12-19(26)28-13-14-5-2-1-3-6-14/h1-11H,12-13H2,(H,25,27). The van der Waals surface area contributed by atoms with Crippen molar-refractivity contribution in [3.8, 4) is 11.6 Å². The topological polar surface area (TPSA) is 77.5 Å². The Morgan fingerprint density at radius 1 is 1.07 bits per heavy atom. The summed E-state index contributed by atoms with van der Waals surface area (Å²) in [5.74, 6) is -1.24. The van der Waals surface area contributed by atoms with Crippen LogP contribution in [-0.2, 0) is 16.1 Å². The van der Waals surface area contributed by atoms with E-state index in [1.807, 2.05) is 30.3 Å². The lowest BCUT2D eigenvalue weighted by atomic mass is 10.2. The molecule has 0 aliphatic heterocycles. The highest BCUT2D eigenvalue weighted by molar-refractivity contribution is 9.10. The molecule has 6 nitrogen and oxygen atoms in total. The molecule has 3 aromatic rings. The lowest BCUT2D eigenvalue weighted by Crippen LogP contribution is -2.30. The number of hydrogen-bond donors (Lipinski definition) is 1. The van der Waals surface area contributed by atoms with E-state index in [0.29, 0.717) is 10.2 Å². The number of amides is 1. The predicted molar refractivity (Wildman–Crippen MR) is 107 cm³/mol. The third-order valence-electron chi connectivity index (χ3n) is 3.75. The lowest BCUT2D eigenvalue weighted by molar-refractivity contribution is -0.143. The van der Waals surface area contributed by atoms with Crippen molar-refractivity contribution >= 4 is 27.8 Å². The van der Waals surface area contributed by atoms with Crippen LogP contribution in [0.3, 0.4) is 0 Å². The van der Waals surface area contributed by atoms with Crippen molar-refractivity contribution in [2.45, 2.75) is 6.61 Å². The number of halogens is 2. The average Bonchev–Trinajstić information content (AvgIpc) is 2.73. The number of benzene rings is 2. The Hall–Kier alpha value is -3.26. The van der Waals surface area contributed by atoms with Crippen molar-refractivity contribution < 1.29 is 23.5 Å². The summed E-state index contributed by atoms with van der Waals surface area (Å²) in [6.07, 6.45) is 1.46. The van der Waals surface area contributed by atoms with Gasteiger partial charge in [-0.1, -0.05) is 30.3 Å². The minimum absolute atomic E-state index is 0.0231. The first kappa shape index (κ1) is 20.5.